The summed E-state index contributed by atoms with van der Waals surface area (Å²) in [4.78, 5) is 8.74. The minimum atomic E-state index is 0.530. The average molecular weight is 280 g/mol. The van der Waals surface area contributed by atoms with Crippen LogP contribution in [0.5, 0.6) is 5.88 Å². The number of nitrogen functional groups attached to an aromatic ring is 1. The molecule has 5 nitrogen and oxygen atoms in total. The first-order chi connectivity index (χ1) is 10.3. The number of nitrogens with one attached hydrogen (secondary N) is 1. The van der Waals surface area contributed by atoms with Gasteiger partial charge in [-0.15, -0.1) is 0 Å². The molecule has 0 saturated carbocycles. The molecule has 0 unspecified atom stereocenters. The van der Waals surface area contributed by atoms with Crippen LogP contribution in [0.2, 0.25) is 0 Å². The molecule has 0 amide bonds. The van der Waals surface area contributed by atoms with Crippen molar-refractivity contribution in [1.82, 2.24) is 9.97 Å². The Hall–Kier alpha value is -2.82. The van der Waals surface area contributed by atoms with Crippen LogP contribution in [0.1, 0.15) is 5.56 Å². The van der Waals surface area contributed by atoms with Crippen LogP contribution in [0.15, 0.2) is 48.7 Å². The number of fused-ring (bicyclic) bond motifs is 1. The number of para-hydroxylation sites is 1. The van der Waals surface area contributed by atoms with Gasteiger partial charge in [0, 0.05) is 24.2 Å². The molecule has 2 heterocycles. The van der Waals surface area contributed by atoms with Gasteiger partial charge in [-0.05, 0) is 17.7 Å². The van der Waals surface area contributed by atoms with Gasteiger partial charge in [0.1, 0.15) is 0 Å². The number of methoxy groups -OCH3 is 1. The van der Waals surface area contributed by atoms with Gasteiger partial charge in [-0.1, -0.05) is 24.3 Å². The fraction of sp³-hybridized carbons (Fsp3) is 0.125. The van der Waals surface area contributed by atoms with Gasteiger partial charge in [-0.2, -0.15) is 4.98 Å². The first kappa shape index (κ1) is 13.2. The van der Waals surface area contributed by atoms with Crippen LogP contribution in [-0.4, -0.2) is 17.1 Å². The lowest BCUT2D eigenvalue weighted by molar-refractivity contribution is 0.398. The Labute approximate surface area is 122 Å². The lowest BCUT2D eigenvalue weighted by Gasteiger charge is -2.11. The Bertz CT molecular complexity index is 768. The van der Waals surface area contributed by atoms with Gasteiger partial charge in [0.05, 0.1) is 18.3 Å². The van der Waals surface area contributed by atoms with Crippen molar-refractivity contribution in [2.45, 2.75) is 6.54 Å². The van der Waals surface area contributed by atoms with E-state index in [2.05, 4.69) is 15.3 Å². The fourth-order valence-corrected chi connectivity index (χ4v) is 2.20. The Balaban J connectivity index is 1.87. The molecule has 0 atom stereocenters. The molecule has 2 aromatic heterocycles. The average Bonchev–Trinajstić information content (AvgIpc) is 2.54. The van der Waals surface area contributed by atoms with Crippen molar-refractivity contribution in [1.29, 1.82) is 0 Å². The molecular formula is C16H16N4O. The smallest absolute Gasteiger partial charge is 0.215 e. The summed E-state index contributed by atoms with van der Waals surface area (Å²) in [6, 6.07) is 13.6. The quantitative estimate of drug-likeness (QED) is 0.768. The highest BCUT2D eigenvalue weighted by atomic mass is 16.5. The first-order valence-corrected chi connectivity index (χ1v) is 6.65. The number of rotatable bonds is 4. The number of nitrogens with zero attached hydrogens (tertiary/aromatic N) is 2. The van der Waals surface area contributed by atoms with E-state index in [1.807, 2.05) is 30.3 Å². The van der Waals surface area contributed by atoms with Crippen molar-refractivity contribution < 1.29 is 4.74 Å². The van der Waals surface area contributed by atoms with E-state index in [0.29, 0.717) is 23.9 Å². The Morgan fingerprint density at radius 3 is 2.86 bits per heavy atom. The number of anilines is 2. The third-order valence-electron chi connectivity index (χ3n) is 3.27. The number of pyridine rings is 2. The largest absolute Gasteiger partial charge is 0.481 e. The highest BCUT2D eigenvalue weighted by Crippen LogP contribution is 2.22. The zero-order valence-electron chi connectivity index (χ0n) is 11.7. The molecular weight excluding hydrogens is 264 g/mol. The zero-order chi connectivity index (χ0) is 14.7. The van der Waals surface area contributed by atoms with Crippen molar-refractivity contribution in [3.63, 3.8) is 0 Å². The molecule has 0 aliphatic carbocycles. The third-order valence-corrected chi connectivity index (χ3v) is 3.27. The van der Waals surface area contributed by atoms with E-state index >= 15 is 0 Å². The highest BCUT2D eigenvalue weighted by Gasteiger charge is 2.05. The minimum absolute atomic E-state index is 0.530. The van der Waals surface area contributed by atoms with E-state index < -0.39 is 0 Å². The third kappa shape index (κ3) is 2.72. The maximum Gasteiger partial charge on any atom is 0.215 e. The summed E-state index contributed by atoms with van der Waals surface area (Å²) in [5, 5.41) is 4.35. The summed E-state index contributed by atoms with van der Waals surface area (Å²) in [7, 11) is 1.58. The van der Waals surface area contributed by atoms with E-state index in [4.69, 9.17) is 10.5 Å². The predicted molar refractivity (Wildman–Crippen MR) is 84.3 cm³/mol. The van der Waals surface area contributed by atoms with Crippen LogP contribution in [0.3, 0.4) is 0 Å². The molecule has 5 heteroatoms. The van der Waals surface area contributed by atoms with Gasteiger partial charge in [0.25, 0.3) is 0 Å². The van der Waals surface area contributed by atoms with Gasteiger partial charge < -0.3 is 15.8 Å². The SMILES string of the molecule is COc1ccc(N)c(NCc2cccc3cccnc23)n1. The molecule has 3 rings (SSSR count). The van der Waals surface area contributed by atoms with E-state index in [0.717, 1.165) is 16.5 Å². The summed E-state index contributed by atoms with van der Waals surface area (Å²) < 4.78 is 5.11. The van der Waals surface area contributed by atoms with Crippen molar-refractivity contribution >= 4 is 22.4 Å². The summed E-state index contributed by atoms with van der Waals surface area (Å²) in [5.74, 6) is 1.14. The fourth-order valence-electron chi connectivity index (χ4n) is 2.20. The Morgan fingerprint density at radius 2 is 2.00 bits per heavy atom. The predicted octanol–water partition coefficient (Wildman–Crippen LogP) is 2.83. The van der Waals surface area contributed by atoms with Crippen LogP contribution in [0, 0.1) is 0 Å². The second-order valence-electron chi connectivity index (χ2n) is 4.64. The van der Waals surface area contributed by atoms with Crippen LogP contribution in [0.4, 0.5) is 11.5 Å². The van der Waals surface area contributed by atoms with Crippen LogP contribution in [0.25, 0.3) is 10.9 Å². The van der Waals surface area contributed by atoms with Crippen LogP contribution in [-0.2, 0) is 6.54 Å². The second kappa shape index (κ2) is 5.66. The molecule has 1 aromatic carbocycles. The molecule has 21 heavy (non-hydrogen) atoms. The Morgan fingerprint density at radius 1 is 1.14 bits per heavy atom. The normalized spacial score (nSPS) is 10.5. The number of ether oxygens (including phenoxy) is 1. The van der Waals surface area contributed by atoms with Gasteiger partial charge in [0.2, 0.25) is 5.88 Å². The second-order valence-corrected chi connectivity index (χ2v) is 4.64. The number of hydrogen-bond acceptors (Lipinski definition) is 5. The molecule has 106 valence electrons. The maximum atomic E-state index is 5.92. The molecule has 0 radical (unpaired) electrons. The van der Waals surface area contributed by atoms with Gasteiger partial charge in [-0.25, -0.2) is 0 Å². The zero-order valence-corrected chi connectivity index (χ0v) is 11.7. The molecule has 0 spiro atoms. The number of hydrogen-bond donors (Lipinski definition) is 2. The van der Waals surface area contributed by atoms with Crippen molar-refractivity contribution in [2.75, 3.05) is 18.2 Å². The summed E-state index contributed by atoms with van der Waals surface area (Å²) >= 11 is 0. The topological polar surface area (TPSA) is 73.1 Å². The number of nitrogens with two attached hydrogens (primary N) is 1. The van der Waals surface area contributed by atoms with E-state index in [1.165, 1.54) is 0 Å². The lowest BCUT2D eigenvalue weighted by atomic mass is 10.1. The van der Waals surface area contributed by atoms with E-state index in [1.54, 1.807) is 25.4 Å². The standard InChI is InChI=1S/C16H16N4O/c1-21-14-8-7-13(17)16(20-14)19-10-12-5-2-4-11-6-3-9-18-15(11)12/h2-9H,10,17H2,1H3,(H,19,20). The Kier molecular flexibility index (Phi) is 3.55. The van der Waals surface area contributed by atoms with Crippen molar-refractivity contribution in [3.8, 4) is 5.88 Å². The monoisotopic (exact) mass is 280 g/mol. The summed E-state index contributed by atoms with van der Waals surface area (Å²) in [5.41, 5.74) is 8.59. The van der Waals surface area contributed by atoms with Crippen molar-refractivity contribution in [3.05, 3.63) is 54.2 Å². The molecule has 3 aromatic rings. The van der Waals surface area contributed by atoms with Crippen molar-refractivity contribution in [2.24, 2.45) is 0 Å². The molecule has 0 saturated heterocycles. The van der Waals surface area contributed by atoms with Gasteiger partial charge in [0.15, 0.2) is 5.82 Å². The molecule has 0 aliphatic rings. The number of aromatic nitrogens is 2. The molecule has 0 fully saturated rings. The van der Waals surface area contributed by atoms with E-state index in [-0.39, 0.29) is 0 Å². The summed E-state index contributed by atoms with van der Waals surface area (Å²) in [6.45, 7) is 0.596. The number of benzene rings is 1. The van der Waals surface area contributed by atoms with E-state index in [9.17, 15) is 0 Å². The first-order valence-electron chi connectivity index (χ1n) is 6.65. The van der Waals surface area contributed by atoms with Crippen LogP contribution >= 0.6 is 0 Å². The van der Waals surface area contributed by atoms with Gasteiger partial charge in [-0.3, -0.25) is 4.98 Å². The maximum absolute atomic E-state index is 5.92. The van der Waals surface area contributed by atoms with Crippen LogP contribution < -0.4 is 15.8 Å². The lowest BCUT2D eigenvalue weighted by Crippen LogP contribution is -2.06. The summed E-state index contributed by atoms with van der Waals surface area (Å²) in [6.07, 6.45) is 1.80. The van der Waals surface area contributed by atoms with Gasteiger partial charge >= 0.3 is 0 Å². The molecule has 3 N–H and O–H groups in total. The minimum Gasteiger partial charge on any atom is -0.481 e. The molecule has 0 bridgehead atoms. The highest BCUT2D eigenvalue weighted by molar-refractivity contribution is 5.81. The molecule has 0 aliphatic heterocycles.